The van der Waals surface area contributed by atoms with E-state index in [1.165, 1.54) is 12.7 Å². The molecule has 3 aromatic rings. The molecule has 0 aliphatic carbocycles. The maximum atomic E-state index is 12.7. The fraction of sp³-hybridized carbons (Fsp3) is 0.385. The normalized spacial score (nSPS) is 14.1. The highest BCUT2D eigenvalue weighted by Gasteiger charge is 2.23. The Morgan fingerprint density at radius 1 is 0.943 bits per heavy atom. The van der Waals surface area contributed by atoms with Gasteiger partial charge in [-0.1, -0.05) is 35.0 Å². The van der Waals surface area contributed by atoms with Crippen molar-refractivity contribution in [2.24, 2.45) is 0 Å². The summed E-state index contributed by atoms with van der Waals surface area (Å²) in [4.78, 5) is 33.8. The zero-order valence-corrected chi connectivity index (χ0v) is 20.3. The summed E-state index contributed by atoms with van der Waals surface area (Å²) in [6.45, 7) is 5.19. The van der Waals surface area contributed by atoms with Crippen molar-refractivity contribution in [3.63, 3.8) is 0 Å². The van der Waals surface area contributed by atoms with E-state index in [1.54, 1.807) is 25.3 Å². The van der Waals surface area contributed by atoms with Gasteiger partial charge in [0.25, 0.3) is 0 Å². The molecule has 35 heavy (non-hydrogen) atoms. The molecule has 1 saturated heterocycles. The van der Waals surface area contributed by atoms with Crippen LogP contribution < -0.4 is 9.47 Å². The Balaban J connectivity index is 1.23. The zero-order valence-electron chi connectivity index (χ0n) is 20.3. The molecule has 1 fully saturated rings. The van der Waals surface area contributed by atoms with Crippen molar-refractivity contribution in [1.29, 1.82) is 0 Å². The highest BCUT2D eigenvalue weighted by molar-refractivity contribution is 5.98. The molecule has 0 unspecified atom stereocenters. The molecule has 9 nitrogen and oxygen atoms in total. The third-order valence-electron chi connectivity index (χ3n) is 6.13. The maximum Gasteiger partial charge on any atom is 0.241 e. The molecule has 9 heteroatoms. The first-order valence-corrected chi connectivity index (χ1v) is 11.6. The van der Waals surface area contributed by atoms with Gasteiger partial charge in [-0.2, -0.15) is 4.98 Å². The molecule has 1 aliphatic heterocycles. The van der Waals surface area contributed by atoms with E-state index in [4.69, 9.17) is 14.0 Å². The van der Waals surface area contributed by atoms with Crippen molar-refractivity contribution >= 4 is 11.7 Å². The summed E-state index contributed by atoms with van der Waals surface area (Å²) in [6, 6.07) is 13.0. The molecule has 0 spiro atoms. The predicted octanol–water partition coefficient (Wildman–Crippen LogP) is 3.37. The van der Waals surface area contributed by atoms with Crippen molar-refractivity contribution in [3.05, 3.63) is 59.5 Å². The van der Waals surface area contributed by atoms with Crippen LogP contribution in [0.2, 0.25) is 0 Å². The molecule has 184 valence electrons. The molecule has 1 amide bonds. The van der Waals surface area contributed by atoms with Gasteiger partial charge in [0.05, 0.1) is 20.8 Å². The zero-order chi connectivity index (χ0) is 24.8. The average molecular weight is 479 g/mol. The van der Waals surface area contributed by atoms with Gasteiger partial charge in [0, 0.05) is 50.1 Å². The van der Waals surface area contributed by atoms with Gasteiger partial charge in [0.2, 0.25) is 17.6 Å². The molecule has 4 rings (SSSR count). The van der Waals surface area contributed by atoms with Gasteiger partial charge in [-0.3, -0.25) is 14.5 Å². The lowest BCUT2D eigenvalue weighted by Crippen LogP contribution is -2.48. The van der Waals surface area contributed by atoms with Crippen LogP contribution in [0.3, 0.4) is 0 Å². The van der Waals surface area contributed by atoms with E-state index in [0.717, 1.165) is 5.56 Å². The second kappa shape index (κ2) is 11.1. The van der Waals surface area contributed by atoms with E-state index in [-0.39, 0.29) is 24.5 Å². The minimum absolute atomic E-state index is 0.0158. The molecular formula is C26H30N4O5. The van der Waals surface area contributed by atoms with Crippen LogP contribution in [0.5, 0.6) is 11.5 Å². The summed E-state index contributed by atoms with van der Waals surface area (Å²) in [5.74, 6) is 2.07. The van der Waals surface area contributed by atoms with Gasteiger partial charge in [0.15, 0.2) is 17.3 Å². The maximum absolute atomic E-state index is 12.7. The lowest BCUT2D eigenvalue weighted by molar-refractivity contribution is -0.133. The smallest absolute Gasteiger partial charge is 0.241 e. The van der Waals surface area contributed by atoms with Crippen molar-refractivity contribution in [2.75, 3.05) is 40.4 Å². The van der Waals surface area contributed by atoms with Gasteiger partial charge in [-0.25, -0.2) is 0 Å². The van der Waals surface area contributed by atoms with Gasteiger partial charge in [-0.15, -0.1) is 0 Å². The Kier molecular flexibility index (Phi) is 7.77. The Hall–Kier alpha value is -3.72. The van der Waals surface area contributed by atoms with Crippen LogP contribution >= 0.6 is 0 Å². The van der Waals surface area contributed by atoms with Crippen molar-refractivity contribution in [2.45, 2.75) is 26.3 Å². The van der Waals surface area contributed by atoms with Gasteiger partial charge >= 0.3 is 0 Å². The first kappa shape index (κ1) is 24.4. The predicted molar refractivity (Wildman–Crippen MR) is 129 cm³/mol. The quantitative estimate of drug-likeness (QED) is 0.432. The minimum atomic E-state index is -0.0984. The number of ether oxygens (including phenoxy) is 2. The van der Waals surface area contributed by atoms with Crippen LogP contribution in [0.4, 0.5) is 0 Å². The lowest BCUT2D eigenvalue weighted by atomic mass is 10.1. The Labute approximate surface area is 204 Å². The number of Topliss-reactive ketones (excluding diaryl/α,β-unsaturated/α-hetero) is 1. The standard InChI is InChI=1S/C26H30N4O5/c1-18-4-6-19(7-5-18)26-27-24(35-28-26)17-29-12-14-30(15-13-29)25(32)11-9-21(31)20-8-10-22(33-2)23(16-20)34-3/h4-8,10,16H,9,11-15,17H2,1-3H3. The number of amides is 1. The number of carbonyl (C=O) groups excluding carboxylic acids is 2. The first-order valence-electron chi connectivity index (χ1n) is 11.6. The molecule has 0 N–H and O–H groups in total. The third kappa shape index (κ3) is 6.05. The van der Waals surface area contributed by atoms with Crippen LogP contribution in [0.15, 0.2) is 47.0 Å². The lowest BCUT2D eigenvalue weighted by Gasteiger charge is -2.34. The number of carbonyl (C=O) groups is 2. The van der Waals surface area contributed by atoms with E-state index < -0.39 is 0 Å². The van der Waals surface area contributed by atoms with E-state index in [9.17, 15) is 9.59 Å². The molecule has 0 bridgehead atoms. The SMILES string of the molecule is COc1ccc(C(=O)CCC(=O)N2CCN(Cc3nc(-c4ccc(C)cc4)no3)CC2)cc1OC. The largest absolute Gasteiger partial charge is 0.493 e. The number of hydrogen-bond acceptors (Lipinski definition) is 8. The highest BCUT2D eigenvalue weighted by atomic mass is 16.5. The molecule has 0 radical (unpaired) electrons. The Morgan fingerprint density at radius 3 is 2.34 bits per heavy atom. The van der Waals surface area contributed by atoms with E-state index >= 15 is 0 Å². The van der Waals surface area contributed by atoms with Crippen LogP contribution in [-0.4, -0.2) is 72.0 Å². The second-order valence-corrected chi connectivity index (χ2v) is 8.53. The van der Waals surface area contributed by atoms with Crippen molar-refractivity contribution < 1.29 is 23.6 Å². The van der Waals surface area contributed by atoms with E-state index in [1.807, 2.05) is 36.1 Å². The first-order chi connectivity index (χ1) is 17.0. The number of methoxy groups -OCH3 is 2. The Bertz CT molecular complexity index is 1170. The summed E-state index contributed by atoms with van der Waals surface area (Å²) < 4.78 is 15.9. The van der Waals surface area contributed by atoms with E-state index in [0.29, 0.717) is 61.5 Å². The molecule has 0 atom stereocenters. The van der Waals surface area contributed by atoms with Crippen molar-refractivity contribution in [3.8, 4) is 22.9 Å². The number of hydrogen-bond donors (Lipinski definition) is 0. The third-order valence-corrected chi connectivity index (χ3v) is 6.13. The number of benzene rings is 2. The number of nitrogens with zero attached hydrogens (tertiary/aromatic N) is 4. The molecule has 1 aliphatic rings. The summed E-state index contributed by atoms with van der Waals surface area (Å²) in [5.41, 5.74) is 2.60. The molecular weight excluding hydrogens is 448 g/mol. The summed E-state index contributed by atoms with van der Waals surface area (Å²) >= 11 is 0. The summed E-state index contributed by atoms with van der Waals surface area (Å²) in [7, 11) is 3.07. The second-order valence-electron chi connectivity index (χ2n) is 8.53. The van der Waals surface area contributed by atoms with E-state index in [2.05, 4.69) is 15.0 Å². The van der Waals surface area contributed by atoms with Crippen LogP contribution in [-0.2, 0) is 11.3 Å². The average Bonchev–Trinajstić information content (AvgIpc) is 3.35. The fourth-order valence-corrected chi connectivity index (χ4v) is 4.02. The van der Waals surface area contributed by atoms with Gasteiger partial charge in [0.1, 0.15) is 0 Å². The van der Waals surface area contributed by atoms with Crippen LogP contribution in [0.25, 0.3) is 11.4 Å². The highest BCUT2D eigenvalue weighted by Crippen LogP contribution is 2.28. The number of piperazine rings is 1. The molecule has 2 heterocycles. The van der Waals surface area contributed by atoms with Gasteiger partial charge in [-0.05, 0) is 25.1 Å². The molecule has 0 saturated carbocycles. The van der Waals surface area contributed by atoms with Crippen molar-refractivity contribution in [1.82, 2.24) is 19.9 Å². The fourth-order valence-electron chi connectivity index (χ4n) is 4.02. The minimum Gasteiger partial charge on any atom is -0.493 e. The topological polar surface area (TPSA) is 98.0 Å². The molecule has 1 aromatic heterocycles. The number of aromatic nitrogens is 2. The monoisotopic (exact) mass is 478 g/mol. The van der Waals surface area contributed by atoms with Gasteiger partial charge < -0.3 is 18.9 Å². The Morgan fingerprint density at radius 2 is 1.66 bits per heavy atom. The molecule has 2 aromatic carbocycles. The number of rotatable bonds is 9. The number of aryl methyl sites for hydroxylation is 1. The summed E-state index contributed by atoms with van der Waals surface area (Å²) in [5, 5.41) is 4.09. The number of ketones is 1. The van der Waals surface area contributed by atoms with Crippen LogP contribution in [0.1, 0.15) is 34.7 Å². The summed E-state index contributed by atoms with van der Waals surface area (Å²) in [6.07, 6.45) is 0.328. The van der Waals surface area contributed by atoms with Crippen LogP contribution in [0, 0.1) is 6.92 Å².